The number of hydrogen-bond acceptors (Lipinski definition) is 5. The number of alkyl halides is 6. The highest BCUT2D eigenvalue weighted by Crippen LogP contribution is 2.54. The lowest BCUT2D eigenvalue weighted by Gasteiger charge is -2.38. The normalized spacial score (nSPS) is 16.5. The van der Waals surface area contributed by atoms with Crippen molar-refractivity contribution in [1.29, 1.82) is 0 Å². The maximum Gasteiger partial charge on any atom is 0.430 e. The number of rotatable bonds is 8. The Kier molecular flexibility index (Phi) is 8.33. The molecule has 0 aromatic heterocycles. The maximum atomic E-state index is 14.3. The quantitative estimate of drug-likeness (QED) is 0.196. The van der Waals surface area contributed by atoms with Crippen LogP contribution < -0.4 is 0 Å². The molecule has 3 aromatic carbocycles. The third kappa shape index (κ3) is 5.55. The Balaban J connectivity index is 1.76. The van der Waals surface area contributed by atoms with E-state index in [1.165, 1.54) is 0 Å². The molecule has 0 radical (unpaired) electrons. The number of hydrogen-bond donors (Lipinski definition) is 0. The van der Waals surface area contributed by atoms with E-state index in [0.29, 0.717) is 25.0 Å². The molecule has 0 N–H and O–H groups in total. The van der Waals surface area contributed by atoms with Crippen LogP contribution in [0, 0.1) is 5.82 Å². The minimum Gasteiger partial charge on any atom is -0.349 e. The summed E-state index contributed by atoms with van der Waals surface area (Å²) < 4.78 is 153. The van der Waals surface area contributed by atoms with Crippen LogP contribution in [0.5, 0.6) is 0 Å². The predicted molar refractivity (Wildman–Crippen MR) is 138 cm³/mol. The summed E-state index contributed by atoms with van der Waals surface area (Å²) in [5.41, 5.74) is -6.24. The molecule has 1 aliphatic carbocycles. The van der Waals surface area contributed by atoms with Gasteiger partial charge in [0.15, 0.2) is 19.7 Å². The van der Waals surface area contributed by atoms with Gasteiger partial charge in [-0.05, 0) is 60.4 Å². The van der Waals surface area contributed by atoms with Crippen molar-refractivity contribution in [3.63, 3.8) is 0 Å². The van der Waals surface area contributed by atoms with Gasteiger partial charge in [-0.2, -0.15) is 26.3 Å². The van der Waals surface area contributed by atoms with Gasteiger partial charge < -0.3 is 4.74 Å². The summed E-state index contributed by atoms with van der Waals surface area (Å²) in [7, 11) is -7.88. The van der Waals surface area contributed by atoms with Gasteiger partial charge >= 0.3 is 12.4 Å². The van der Waals surface area contributed by atoms with Gasteiger partial charge in [0.25, 0.3) is 5.60 Å². The minimum absolute atomic E-state index is 0.00249. The number of benzene rings is 3. The summed E-state index contributed by atoms with van der Waals surface area (Å²) in [5, 5.41) is 0. The first kappa shape index (κ1) is 32.0. The van der Waals surface area contributed by atoms with Gasteiger partial charge in [0.1, 0.15) is 10.6 Å². The highest BCUT2D eigenvalue weighted by atomic mass is 32.2. The SMILES string of the molecule is CS(=O)(=O)c1ccc(COC(c2ccc(C3(S(=O)(=O)c4ccc(F)cc4)CCCC3)cc2)(C(F)(F)F)C(F)(F)F)cc1. The molecule has 0 amide bonds. The number of ether oxygens (including phenoxy) is 1. The van der Waals surface area contributed by atoms with E-state index in [2.05, 4.69) is 4.74 Å². The third-order valence-electron chi connectivity index (χ3n) is 7.47. The second-order valence-corrected chi connectivity index (χ2v) is 14.4. The summed E-state index contributed by atoms with van der Waals surface area (Å²) >= 11 is 0. The van der Waals surface area contributed by atoms with Gasteiger partial charge in [0.2, 0.25) is 0 Å². The lowest BCUT2D eigenvalue weighted by Crippen LogP contribution is -2.55. The van der Waals surface area contributed by atoms with E-state index < -0.39 is 60.4 Å². The van der Waals surface area contributed by atoms with Crippen molar-refractivity contribution in [3.8, 4) is 0 Å². The largest absolute Gasteiger partial charge is 0.430 e. The van der Waals surface area contributed by atoms with Crippen molar-refractivity contribution in [1.82, 2.24) is 0 Å². The van der Waals surface area contributed by atoms with Gasteiger partial charge in [0.05, 0.1) is 16.4 Å². The summed E-state index contributed by atoms with van der Waals surface area (Å²) in [6, 6.07) is 11.2. The molecule has 1 aliphatic rings. The average molecular weight is 639 g/mol. The number of halogens is 7. The van der Waals surface area contributed by atoms with E-state index in [0.717, 1.165) is 66.9 Å². The molecule has 1 saturated carbocycles. The third-order valence-corrected chi connectivity index (χ3v) is 11.2. The topological polar surface area (TPSA) is 77.5 Å². The Labute approximate surface area is 238 Å². The second-order valence-electron chi connectivity index (χ2n) is 10.1. The van der Waals surface area contributed by atoms with Crippen LogP contribution >= 0.6 is 0 Å². The fourth-order valence-corrected chi connectivity index (χ4v) is 8.11. The van der Waals surface area contributed by atoms with Crippen LogP contribution in [0.15, 0.2) is 82.6 Å². The fraction of sp³-hybridized carbons (Fsp3) is 0.357. The Morgan fingerprint density at radius 1 is 0.714 bits per heavy atom. The van der Waals surface area contributed by atoms with Crippen molar-refractivity contribution in [2.45, 2.75) is 64.8 Å². The molecule has 0 aliphatic heterocycles. The van der Waals surface area contributed by atoms with Gasteiger partial charge in [-0.25, -0.2) is 21.2 Å². The average Bonchev–Trinajstić information content (AvgIpc) is 3.40. The van der Waals surface area contributed by atoms with E-state index in [-0.39, 0.29) is 33.8 Å². The summed E-state index contributed by atoms with van der Waals surface area (Å²) in [5.74, 6) is -0.680. The molecule has 4 rings (SSSR count). The maximum absolute atomic E-state index is 14.3. The second kappa shape index (κ2) is 10.9. The van der Waals surface area contributed by atoms with Crippen LogP contribution in [-0.2, 0) is 41.4 Å². The zero-order valence-electron chi connectivity index (χ0n) is 22.0. The molecule has 0 spiro atoms. The molecule has 0 unspecified atom stereocenters. The molecule has 5 nitrogen and oxygen atoms in total. The first-order valence-corrected chi connectivity index (χ1v) is 15.9. The van der Waals surface area contributed by atoms with Crippen LogP contribution in [0.1, 0.15) is 42.4 Å². The zero-order valence-corrected chi connectivity index (χ0v) is 23.6. The smallest absolute Gasteiger partial charge is 0.349 e. The summed E-state index contributed by atoms with van der Waals surface area (Å²) in [4.78, 5) is -0.406. The van der Waals surface area contributed by atoms with Gasteiger partial charge in [-0.15, -0.1) is 0 Å². The Bertz CT molecular complexity index is 1610. The van der Waals surface area contributed by atoms with E-state index in [4.69, 9.17) is 0 Å². The molecule has 228 valence electrons. The van der Waals surface area contributed by atoms with E-state index in [9.17, 15) is 47.6 Å². The molecule has 1 fully saturated rings. The summed E-state index contributed by atoms with van der Waals surface area (Å²) in [6.07, 6.45) is -10.1. The van der Waals surface area contributed by atoms with Gasteiger partial charge in [-0.3, -0.25) is 0 Å². The molecule has 0 bridgehead atoms. The Morgan fingerprint density at radius 2 is 1.19 bits per heavy atom. The van der Waals surface area contributed by atoms with E-state index in [1.54, 1.807) is 0 Å². The van der Waals surface area contributed by atoms with Crippen LogP contribution in [0.25, 0.3) is 0 Å². The van der Waals surface area contributed by atoms with Crippen molar-refractivity contribution in [3.05, 3.63) is 95.3 Å². The standard InChI is InChI=1S/C28H25F7O5S2/c1-41(36,37)23-12-4-19(5-13-23)18-40-26(27(30,31)32,28(33,34)35)21-8-6-20(7-9-21)25(16-2-3-17-25)42(38,39)24-14-10-22(29)11-15-24/h4-15H,2-3,16-18H2,1H3. The molecule has 3 aromatic rings. The zero-order chi connectivity index (χ0) is 31.2. The van der Waals surface area contributed by atoms with Crippen molar-refractivity contribution in [2.75, 3.05) is 6.26 Å². The van der Waals surface area contributed by atoms with Crippen molar-refractivity contribution in [2.24, 2.45) is 0 Å². The van der Waals surface area contributed by atoms with Crippen molar-refractivity contribution >= 4 is 19.7 Å². The molecule has 0 saturated heterocycles. The van der Waals surface area contributed by atoms with Gasteiger partial charge in [0, 0.05) is 11.8 Å². The first-order valence-electron chi connectivity index (χ1n) is 12.5. The van der Waals surface area contributed by atoms with E-state index in [1.807, 2.05) is 0 Å². The lowest BCUT2D eigenvalue weighted by atomic mass is 9.88. The van der Waals surface area contributed by atoms with Crippen LogP contribution in [0.3, 0.4) is 0 Å². The highest BCUT2D eigenvalue weighted by Gasteiger charge is 2.73. The minimum atomic E-state index is -6.00. The van der Waals surface area contributed by atoms with Gasteiger partial charge in [-0.1, -0.05) is 49.2 Å². The molecular weight excluding hydrogens is 613 g/mol. The monoisotopic (exact) mass is 638 g/mol. The molecule has 0 atom stereocenters. The molecule has 0 heterocycles. The Morgan fingerprint density at radius 3 is 1.64 bits per heavy atom. The molecule has 42 heavy (non-hydrogen) atoms. The predicted octanol–water partition coefficient (Wildman–Crippen LogP) is 7.01. The molecular formula is C28H25F7O5S2. The molecule has 14 heteroatoms. The van der Waals surface area contributed by atoms with Crippen LogP contribution in [0.2, 0.25) is 0 Å². The van der Waals surface area contributed by atoms with Crippen molar-refractivity contribution < 1.29 is 52.3 Å². The van der Waals surface area contributed by atoms with Crippen LogP contribution in [0.4, 0.5) is 30.7 Å². The number of sulfone groups is 2. The first-order chi connectivity index (χ1) is 19.3. The van der Waals surface area contributed by atoms with Crippen LogP contribution in [-0.4, -0.2) is 35.4 Å². The lowest BCUT2D eigenvalue weighted by molar-refractivity contribution is -0.392. The fourth-order valence-electron chi connectivity index (χ4n) is 5.27. The Hall–Kier alpha value is -2.97. The van der Waals surface area contributed by atoms with E-state index >= 15 is 0 Å². The summed E-state index contributed by atoms with van der Waals surface area (Å²) in [6.45, 7) is -1.17. The highest BCUT2D eigenvalue weighted by molar-refractivity contribution is 7.92.